The van der Waals surface area contributed by atoms with Crippen molar-refractivity contribution in [3.8, 4) is 0 Å². The van der Waals surface area contributed by atoms with Crippen LogP contribution in [0.25, 0.3) is 0 Å². The number of benzene rings is 2. The SMILES string of the molecule is Cc1ccc(CCCNC(=O)C2CCN(S(=O)(=O)Cc3c(Cl)cccc3Cl)CC2)cc1. The Bertz CT molecular complexity index is 982. The van der Waals surface area contributed by atoms with Crippen LogP contribution in [0.5, 0.6) is 0 Å². The standard InChI is InChI=1S/C23H28Cl2N2O3S/c1-17-7-9-18(10-8-17)4-3-13-26-23(28)19-11-14-27(15-12-19)31(29,30)16-20-21(24)5-2-6-22(20)25/h2,5-10,19H,3-4,11-16H2,1H3,(H,26,28). The number of nitrogens with zero attached hydrogens (tertiary/aromatic N) is 1. The highest BCUT2D eigenvalue weighted by atomic mass is 35.5. The monoisotopic (exact) mass is 482 g/mol. The first-order valence-electron chi connectivity index (χ1n) is 10.5. The van der Waals surface area contributed by atoms with Gasteiger partial charge in [0.2, 0.25) is 15.9 Å². The Balaban J connectivity index is 1.44. The first kappa shape index (κ1) is 24.1. The third-order valence-corrected chi connectivity index (χ3v) is 8.18. The number of carbonyl (C=O) groups is 1. The highest BCUT2D eigenvalue weighted by Crippen LogP contribution is 2.29. The second kappa shape index (κ2) is 10.8. The first-order chi connectivity index (χ1) is 14.8. The lowest BCUT2D eigenvalue weighted by atomic mass is 9.97. The molecule has 0 unspecified atom stereocenters. The van der Waals surface area contributed by atoms with Gasteiger partial charge in [0.1, 0.15) is 0 Å². The van der Waals surface area contributed by atoms with Crippen LogP contribution in [-0.2, 0) is 27.0 Å². The molecule has 8 heteroatoms. The van der Waals surface area contributed by atoms with E-state index in [-0.39, 0.29) is 17.6 Å². The van der Waals surface area contributed by atoms with Crippen LogP contribution < -0.4 is 5.32 Å². The van der Waals surface area contributed by atoms with Gasteiger partial charge in [0, 0.05) is 41.2 Å². The van der Waals surface area contributed by atoms with Gasteiger partial charge in [-0.25, -0.2) is 12.7 Å². The molecule has 0 atom stereocenters. The fraction of sp³-hybridized carbons (Fsp3) is 0.435. The van der Waals surface area contributed by atoms with E-state index >= 15 is 0 Å². The van der Waals surface area contributed by atoms with E-state index in [4.69, 9.17) is 23.2 Å². The molecule has 0 bridgehead atoms. The lowest BCUT2D eigenvalue weighted by Gasteiger charge is -2.30. The molecular formula is C23H28Cl2N2O3S. The summed E-state index contributed by atoms with van der Waals surface area (Å²) in [5, 5.41) is 3.69. The van der Waals surface area contributed by atoms with Crippen LogP contribution in [0.1, 0.15) is 36.0 Å². The van der Waals surface area contributed by atoms with E-state index in [1.807, 2.05) is 0 Å². The number of hydrogen-bond acceptors (Lipinski definition) is 3. The van der Waals surface area contributed by atoms with Gasteiger partial charge in [-0.15, -0.1) is 0 Å². The van der Waals surface area contributed by atoms with Crippen molar-refractivity contribution in [3.63, 3.8) is 0 Å². The van der Waals surface area contributed by atoms with E-state index in [0.29, 0.717) is 48.1 Å². The van der Waals surface area contributed by atoms with Crippen molar-refractivity contribution < 1.29 is 13.2 Å². The lowest BCUT2D eigenvalue weighted by molar-refractivity contribution is -0.126. The zero-order valence-corrected chi connectivity index (χ0v) is 19.9. The minimum atomic E-state index is -3.55. The zero-order valence-electron chi connectivity index (χ0n) is 17.6. The summed E-state index contributed by atoms with van der Waals surface area (Å²) < 4.78 is 27.1. The topological polar surface area (TPSA) is 66.5 Å². The van der Waals surface area contributed by atoms with Crippen molar-refractivity contribution in [2.45, 2.75) is 38.4 Å². The fourth-order valence-corrected chi connectivity index (χ4v) is 6.06. The Labute approximate surface area is 194 Å². The van der Waals surface area contributed by atoms with Crippen molar-refractivity contribution in [1.29, 1.82) is 0 Å². The van der Waals surface area contributed by atoms with Crippen LogP contribution in [0.3, 0.4) is 0 Å². The molecule has 0 spiro atoms. The molecular weight excluding hydrogens is 455 g/mol. The molecule has 168 valence electrons. The molecule has 3 rings (SSSR count). The van der Waals surface area contributed by atoms with Gasteiger partial charge in [0.15, 0.2) is 0 Å². The summed E-state index contributed by atoms with van der Waals surface area (Å²) in [6, 6.07) is 13.4. The van der Waals surface area contributed by atoms with Crippen LogP contribution >= 0.6 is 23.2 Å². The Morgan fingerprint density at radius 3 is 2.29 bits per heavy atom. The van der Waals surface area contributed by atoms with E-state index < -0.39 is 10.0 Å². The van der Waals surface area contributed by atoms with Crippen LogP contribution in [0.2, 0.25) is 10.0 Å². The van der Waals surface area contributed by atoms with Gasteiger partial charge in [0.25, 0.3) is 0 Å². The first-order valence-corrected chi connectivity index (χ1v) is 12.9. The number of amides is 1. The van der Waals surface area contributed by atoms with Crippen molar-refractivity contribution in [1.82, 2.24) is 9.62 Å². The van der Waals surface area contributed by atoms with E-state index in [1.165, 1.54) is 15.4 Å². The van der Waals surface area contributed by atoms with Gasteiger partial charge in [-0.3, -0.25) is 4.79 Å². The Morgan fingerprint density at radius 2 is 1.68 bits per heavy atom. The van der Waals surface area contributed by atoms with Gasteiger partial charge in [-0.1, -0.05) is 59.1 Å². The smallest absolute Gasteiger partial charge is 0.223 e. The summed E-state index contributed by atoms with van der Waals surface area (Å²) in [6.07, 6.45) is 2.82. The van der Waals surface area contributed by atoms with Gasteiger partial charge < -0.3 is 5.32 Å². The molecule has 1 aliphatic rings. The van der Waals surface area contributed by atoms with Gasteiger partial charge in [-0.2, -0.15) is 0 Å². The number of hydrogen-bond donors (Lipinski definition) is 1. The maximum atomic E-state index is 12.8. The zero-order chi connectivity index (χ0) is 22.4. The summed E-state index contributed by atoms with van der Waals surface area (Å²) in [4.78, 5) is 12.5. The molecule has 1 fully saturated rings. The number of carbonyl (C=O) groups excluding carboxylic acids is 1. The van der Waals surface area contributed by atoms with E-state index in [9.17, 15) is 13.2 Å². The second-order valence-corrected chi connectivity index (χ2v) is 10.8. The summed E-state index contributed by atoms with van der Waals surface area (Å²) in [5.41, 5.74) is 2.91. The average molecular weight is 483 g/mol. The fourth-order valence-electron chi connectivity index (χ4n) is 3.74. The maximum Gasteiger partial charge on any atom is 0.223 e. The molecule has 1 amide bonds. The number of aryl methyl sites for hydroxylation is 2. The maximum absolute atomic E-state index is 12.8. The van der Waals surface area contributed by atoms with E-state index in [2.05, 4.69) is 36.5 Å². The number of sulfonamides is 1. The summed E-state index contributed by atoms with van der Waals surface area (Å²) in [5.74, 6) is -0.383. The van der Waals surface area contributed by atoms with Gasteiger partial charge in [0.05, 0.1) is 5.75 Å². The van der Waals surface area contributed by atoms with E-state index in [1.54, 1.807) is 18.2 Å². The third-order valence-electron chi connectivity index (χ3n) is 5.67. The second-order valence-electron chi connectivity index (χ2n) is 8.01. The molecule has 0 aliphatic carbocycles. The molecule has 0 radical (unpaired) electrons. The quantitative estimate of drug-likeness (QED) is 0.559. The summed E-state index contributed by atoms with van der Waals surface area (Å²) in [6.45, 7) is 3.33. The average Bonchev–Trinajstić information content (AvgIpc) is 2.75. The Kier molecular flexibility index (Phi) is 8.39. The number of piperidine rings is 1. The minimum Gasteiger partial charge on any atom is -0.356 e. The van der Waals surface area contributed by atoms with Crippen LogP contribution in [0.15, 0.2) is 42.5 Å². The highest BCUT2D eigenvalue weighted by Gasteiger charge is 2.31. The molecule has 1 heterocycles. The molecule has 0 aromatic heterocycles. The van der Waals surface area contributed by atoms with Crippen molar-refractivity contribution in [2.75, 3.05) is 19.6 Å². The molecule has 2 aromatic rings. The minimum absolute atomic E-state index is 0.00935. The lowest BCUT2D eigenvalue weighted by Crippen LogP contribution is -2.43. The van der Waals surface area contributed by atoms with Crippen molar-refractivity contribution in [2.24, 2.45) is 5.92 Å². The number of halogens is 2. The normalized spacial score (nSPS) is 15.7. The largest absolute Gasteiger partial charge is 0.356 e. The van der Waals surface area contributed by atoms with Gasteiger partial charge in [-0.05, 0) is 50.3 Å². The van der Waals surface area contributed by atoms with Crippen LogP contribution in [0, 0.1) is 12.8 Å². The molecule has 31 heavy (non-hydrogen) atoms. The molecule has 1 aliphatic heterocycles. The molecule has 2 aromatic carbocycles. The van der Waals surface area contributed by atoms with Crippen molar-refractivity contribution in [3.05, 3.63) is 69.2 Å². The summed E-state index contributed by atoms with van der Waals surface area (Å²) in [7, 11) is -3.55. The van der Waals surface area contributed by atoms with Gasteiger partial charge >= 0.3 is 0 Å². The van der Waals surface area contributed by atoms with Crippen LogP contribution in [-0.4, -0.2) is 38.3 Å². The molecule has 0 saturated carbocycles. The number of nitrogens with one attached hydrogen (secondary N) is 1. The molecule has 1 saturated heterocycles. The van der Waals surface area contributed by atoms with E-state index in [0.717, 1.165) is 12.8 Å². The summed E-state index contributed by atoms with van der Waals surface area (Å²) >= 11 is 12.3. The Hall–Kier alpha value is -1.60. The molecule has 1 N–H and O–H groups in total. The predicted molar refractivity (Wildman–Crippen MR) is 126 cm³/mol. The highest BCUT2D eigenvalue weighted by molar-refractivity contribution is 7.88. The van der Waals surface area contributed by atoms with Crippen molar-refractivity contribution >= 4 is 39.1 Å². The van der Waals surface area contributed by atoms with Crippen LogP contribution in [0.4, 0.5) is 0 Å². The third kappa shape index (κ3) is 6.69. The Morgan fingerprint density at radius 1 is 1.06 bits per heavy atom. The predicted octanol–water partition coefficient (Wildman–Crippen LogP) is 4.59. The molecule has 5 nitrogen and oxygen atoms in total. The number of rotatable bonds is 8.